The number of benzene rings is 1. The fourth-order valence-electron chi connectivity index (χ4n) is 2.12. The van der Waals surface area contributed by atoms with E-state index < -0.39 is 0 Å². The predicted molar refractivity (Wildman–Crippen MR) is 86.2 cm³/mol. The topological polar surface area (TPSA) is 37.8 Å². The molecule has 4 heteroatoms. The molecule has 3 rings (SSSR count). The van der Waals surface area contributed by atoms with Gasteiger partial charge in [0.15, 0.2) is 0 Å². The summed E-state index contributed by atoms with van der Waals surface area (Å²) < 4.78 is 1.09. The molecule has 0 unspecified atom stereocenters. The zero-order valence-electron chi connectivity index (χ0n) is 10.9. The minimum Gasteiger partial charge on any atom is -0.372 e. The SMILES string of the molecule is CNc1nc(CC2CC2)nc(-c2ccccc2)c1I. The number of nitrogens with zero attached hydrogens (tertiary/aromatic N) is 2. The van der Waals surface area contributed by atoms with E-state index in [1.807, 2.05) is 25.2 Å². The Bertz CT molecular complexity index is 579. The van der Waals surface area contributed by atoms with E-state index in [9.17, 15) is 0 Å². The fourth-order valence-corrected chi connectivity index (χ4v) is 2.94. The van der Waals surface area contributed by atoms with Crippen molar-refractivity contribution in [3.63, 3.8) is 0 Å². The van der Waals surface area contributed by atoms with Crippen LogP contribution in [0.2, 0.25) is 0 Å². The van der Waals surface area contributed by atoms with Crippen LogP contribution in [-0.2, 0) is 6.42 Å². The van der Waals surface area contributed by atoms with Gasteiger partial charge in [0.1, 0.15) is 11.6 Å². The van der Waals surface area contributed by atoms with Crippen LogP contribution < -0.4 is 5.32 Å². The van der Waals surface area contributed by atoms with Gasteiger partial charge in [0, 0.05) is 19.0 Å². The van der Waals surface area contributed by atoms with E-state index in [1.165, 1.54) is 12.8 Å². The Hall–Kier alpha value is -1.17. The summed E-state index contributed by atoms with van der Waals surface area (Å²) in [5.41, 5.74) is 2.19. The lowest BCUT2D eigenvalue weighted by Crippen LogP contribution is -2.06. The normalized spacial score (nSPS) is 14.4. The van der Waals surface area contributed by atoms with E-state index in [-0.39, 0.29) is 0 Å². The molecule has 1 aromatic carbocycles. The molecule has 0 amide bonds. The molecule has 0 atom stereocenters. The third-order valence-corrected chi connectivity index (χ3v) is 4.37. The average molecular weight is 365 g/mol. The van der Waals surface area contributed by atoms with Gasteiger partial charge in [-0.3, -0.25) is 0 Å². The molecule has 1 aromatic heterocycles. The number of aromatic nitrogens is 2. The van der Waals surface area contributed by atoms with E-state index in [1.54, 1.807) is 0 Å². The Morgan fingerprint density at radius 2 is 1.95 bits per heavy atom. The van der Waals surface area contributed by atoms with Crippen molar-refractivity contribution in [2.75, 3.05) is 12.4 Å². The Balaban J connectivity index is 2.05. The highest BCUT2D eigenvalue weighted by Crippen LogP contribution is 2.34. The van der Waals surface area contributed by atoms with Gasteiger partial charge in [-0.1, -0.05) is 30.3 Å². The summed E-state index contributed by atoms with van der Waals surface area (Å²) in [7, 11) is 1.92. The summed E-state index contributed by atoms with van der Waals surface area (Å²) in [6.07, 6.45) is 3.65. The Morgan fingerprint density at radius 1 is 1.21 bits per heavy atom. The van der Waals surface area contributed by atoms with Crippen LogP contribution in [0.4, 0.5) is 5.82 Å². The van der Waals surface area contributed by atoms with Crippen molar-refractivity contribution in [3.05, 3.63) is 39.7 Å². The van der Waals surface area contributed by atoms with E-state index in [0.29, 0.717) is 0 Å². The van der Waals surface area contributed by atoms with Crippen molar-refractivity contribution in [1.29, 1.82) is 0 Å². The Kier molecular flexibility index (Phi) is 3.68. The minimum atomic E-state index is 0.799. The maximum atomic E-state index is 4.77. The van der Waals surface area contributed by atoms with Gasteiger partial charge in [0.05, 0.1) is 9.26 Å². The van der Waals surface area contributed by atoms with Gasteiger partial charge in [0.25, 0.3) is 0 Å². The maximum Gasteiger partial charge on any atom is 0.143 e. The zero-order chi connectivity index (χ0) is 13.2. The second-order valence-corrected chi connectivity index (χ2v) is 5.99. The summed E-state index contributed by atoms with van der Waals surface area (Å²) in [5.74, 6) is 2.70. The number of anilines is 1. The number of nitrogens with one attached hydrogen (secondary N) is 1. The highest BCUT2D eigenvalue weighted by atomic mass is 127. The molecule has 0 aliphatic heterocycles. The molecular formula is C15H16IN3. The van der Waals surface area contributed by atoms with Crippen molar-refractivity contribution >= 4 is 28.4 Å². The third-order valence-electron chi connectivity index (χ3n) is 3.35. The Morgan fingerprint density at radius 3 is 2.58 bits per heavy atom. The van der Waals surface area contributed by atoms with Crippen LogP contribution in [0.25, 0.3) is 11.3 Å². The minimum absolute atomic E-state index is 0.799. The van der Waals surface area contributed by atoms with Crippen LogP contribution in [0.15, 0.2) is 30.3 Å². The standard InChI is InChI=1S/C15H16IN3/c1-17-15-13(16)14(11-5-3-2-4-6-11)18-12(19-15)9-10-7-8-10/h2-6,10H,7-9H2,1H3,(H,17,18,19). The van der Waals surface area contributed by atoms with Gasteiger partial charge >= 0.3 is 0 Å². The molecule has 1 fully saturated rings. The largest absolute Gasteiger partial charge is 0.372 e. The van der Waals surface area contributed by atoms with E-state index in [2.05, 4.69) is 45.0 Å². The molecule has 1 aliphatic carbocycles. The number of halogens is 1. The molecule has 0 saturated heterocycles. The lowest BCUT2D eigenvalue weighted by Gasteiger charge is -2.11. The highest BCUT2D eigenvalue weighted by Gasteiger charge is 2.24. The summed E-state index contributed by atoms with van der Waals surface area (Å²) in [4.78, 5) is 9.40. The van der Waals surface area contributed by atoms with Crippen LogP contribution in [0.5, 0.6) is 0 Å². The molecule has 1 heterocycles. The molecule has 1 N–H and O–H groups in total. The first-order chi connectivity index (χ1) is 9.28. The van der Waals surface area contributed by atoms with Crippen LogP contribution in [-0.4, -0.2) is 17.0 Å². The van der Waals surface area contributed by atoms with Crippen molar-refractivity contribution in [1.82, 2.24) is 9.97 Å². The zero-order valence-corrected chi connectivity index (χ0v) is 13.0. The van der Waals surface area contributed by atoms with Gasteiger partial charge in [-0.2, -0.15) is 0 Å². The highest BCUT2D eigenvalue weighted by molar-refractivity contribution is 14.1. The van der Waals surface area contributed by atoms with Crippen molar-refractivity contribution in [2.24, 2.45) is 5.92 Å². The van der Waals surface area contributed by atoms with Gasteiger partial charge < -0.3 is 5.32 Å². The molecule has 3 nitrogen and oxygen atoms in total. The van der Waals surface area contributed by atoms with Gasteiger partial charge in [-0.05, 0) is 41.4 Å². The fraction of sp³-hybridized carbons (Fsp3) is 0.333. The molecule has 0 spiro atoms. The molecule has 1 saturated carbocycles. The smallest absolute Gasteiger partial charge is 0.143 e. The summed E-state index contributed by atoms with van der Waals surface area (Å²) in [6, 6.07) is 10.3. The quantitative estimate of drug-likeness (QED) is 0.839. The van der Waals surface area contributed by atoms with E-state index >= 15 is 0 Å². The van der Waals surface area contributed by atoms with Gasteiger partial charge in [-0.25, -0.2) is 9.97 Å². The first-order valence-electron chi connectivity index (χ1n) is 6.57. The first kappa shape index (κ1) is 12.8. The maximum absolute atomic E-state index is 4.77. The van der Waals surface area contributed by atoms with Crippen molar-refractivity contribution < 1.29 is 0 Å². The Labute approximate surface area is 127 Å². The molecule has 0 radical (unpaired) electrons. The lowest BCUT2D eigenvalue weighted by molar-refractivity contribution is 0.771. The van der Waals surface area contributed by atoms with E-state index in [0.717, 1.165) is 38.8 Å². The number of rotatable bonds is 4. The summed E-state index contributed by atoms with van der Waals surface area (Å²) in [6.45, 7) is 0. The van der Waals surface area contributed by atoms with Gasteiger partial charge in [-0.15, -0.1) is 0 Å². The van der Waals surface area contributed by atoms with Crippen molar-refractivity contribution in [3.8, 4) is 11.3 Å². The van der Waals surface area contributed by atoms with Crippen LogP contribution in [0, 0.1) is 9.49 Å². The van der Waals surface area contributed by atoms with Crippen molar-refractivity contribution in [2.45, 2.75) is 19.3 Å². The first-order valence-corrected chi connectivity index (χ1v) is 7.65. The second-order valence-electron chi connectivity index (χ2n) is 4.91. The summed E-state index contributed by atoms with van der Waals surface area (Å²) >= 11 is 2.32. The molecular weight excluding hydrogens is 349 g/mol. The van der Waals surface area contributed by atoms with Gasteiger partial charge in [0.2, 0.25) is 0 Å². The molecule has 0 bridgehead atoms. The predicted octanol–water partition coefficient (Wildman–Crippen LogP) is 3.74. The lowest BCUT2D eigenvalue weighted by atomic mass is 10.1. The molecule has 1 aliphatic rings. The van der Waals surface area contributed by atoms with E-state index in [4.69, 9.17) is 4.98 Å². The molecule has 98 valence electrons. The molecule has 19 heavy (non-hydrogen) atoms. The number of hydrogen-bond acceptors (Lipinski definition) is 3. The average Bonchev–Trinajstić information content (AvgIpc) is 3.25. The monoisotopic (exact) mass is 365 g/mol. The molecule has 2 aromatic rings. The summed E-state index contributed by atoms with van der Waals surface area (Å²) in [5, 5.41) is 3.18. The van der Waals surface area contributed by atoms with Crippen LogP contribution >= 0.6 is 22.6 Å². The van der Waals surface area contributed by atoms with Crippen LogP contribution in [0.1, 0.15) is 18.7 Å². The second kappa shape index (κ2) is 5.45. The van der Waals surface area contributed by atoms with Crippen LogP contribution in [0.3, 0.4) is 0 Å². The number of hydrogen-bond donors (Lipinski definition) is 1. The third kappa shape index (κ3) is 2.88.